The summed E-state index contributed by atoms with van der Waals surface area (Å²) < 4.78 is 1.69. The summed E-state index contributed by atoms with van der Waals surface area (Å²) in [7, 11) is 1.83. The maximum atomic E-state index is 12.3. The summed E-state index contributed by atoms with van der Waals surface area (Å²) in [5, 5.41) is 6.84. The Bertz CT molecular complexity index is 481. The van der Waals surface area contributed by atoms with Crippen LogP contribution in [0.1, 0.15) is 25.8 Å². The van der Waals surface area contributed by atoms with Crippen LogP contribution >= 0.6 is 0 Å². The second-order valence-electron chi connectivity index (χ2n) is 5.47. The van der Waals surface area contributed by atoms with Crippen molar-refractivity contribution in [1.82, 2.24) is 20.0 Å². The Morgan fingerprint density at radius 2 is 2.21 bits per heavy atom. The van der Waals surface area contributed by atoms with Crippen LogP contribution in [-0.4, -0.2) is 39.1 Å². The lowest BCUT2D eigenvalue weighted by Crippen LogP contribution is -2.57. The van der Waals surface area contributed by atoms with E-state index in [0.29, 0.717) is 18.9 Å². The summed E-state index contributed by atoms with van der Waals surface area (Å²) in [4.78, 5) is 25.6. The van der Waals surface area contributed by atoms with Gasteiger partial charge in [-0.1, -0.05) is 13.8 Å². The molecular formula is C13H20N4O2. The number of hydrogen-bond acceptors (Lipinski definition) is 3. The average molecular weight is 264 g/mol. The van der Waals surface area contributed by atoms with Gasteiger partial charge in [-0.05, 0) is 12.3 Å². The van der Waals surface area contributed by atoms with Crippen LogP contribution in [0, 0.1) is 5.92 Å². The normalized spacial score (nSPS) is 20.0. The van der Waals surface area contributed by atoms with Crippen molar-refractivity contribution in [3.8, 4) is 0 Å². The first-order chi connectivity index (χ1) is 8.95. The lowest BCUT2D eigenvalue weighted by atomic mass is 10.0. The van der Waals surface area contributed by atoms with Crippen molar-refractivity contribution in [2.24, 2.45) is 13.0 Å². The first kappa shape index (κ1) is 13.6. The van der Waals surface area contributed by atoms with Crippen molar-refractivity contribution in [3.05, 3.63) is 18.0 Å². The molecule has 1 unspecified atom stereocenters. The number of nitrogens with one attached hydrogen (secondary N) is 1. The zero-order chi connectivity index (χ0) is 14.0. The zero-order valence-corrected chi connectivity index (χ0v) is 11.6. The number of carbonyl (C=O) groups excluding carboxylic acids is 2. The Hall–Kier alpha value is -1.85. The van der Waals surface area contributed by atoms with Gasteiger partial charge in [-0.2, -0.15) is 5.10 Å². The molecule has 6 nitrogen and oxygen atoms in total. The third kappa shape index (κ3) is 3.33. The molecule has 1 aliphatic heterocycles. The minimum absolute atomic E-state index is 0.00264. The standard InChI is InChI=1S/C13H20N4O2/c1-9(2)4-11-13(19)17(8-12(18)15-11)7-10-5-14-16(3)6-10/h5-6,9,11H,4,7-8H2,1-3H3,(H,15,18). The van der Waals surface area contributed by atoms with Crippen molar-refractivity contribution in [2.45, 2.75) is 32.9 Å². The Balaban J connectivity index is 2.06. The van der Waals surface area contributed by atoms with Gasteiger partial charge in [-0.15, -0.1) is 0 Å². The summed E-state index contributed by atoms with van der Waals surface area (Å²) in [6.07, 6.45) is 4.25. The van der Waals surface area contributed by atoms with Gasteiger partial charge in [0.1, 0.15) is 6.04 Å². The predicted molar refractivity (Wildman–Crippen MR) is 70.0 cm³/mol. The van der Waals surface area contributed by atoms with Crippen molar-refractivity contribution in [1.29, 1.82) is 0 Å². The van der Waals surface area contributed by atoms with E-state index in [0.717, 1.165) is 5.56 Å². The van der Waals surface area contributed by atoms with Crippen LogP contribution < -0.4 is 5.32 Å². The molecule has 1 atom stereocenters. The minimum atomic E-state index is -0.391. The van der Waals surface area contributed by atoms with Crippen molar-refractivity contribution >= 4 is 11.8 Å². The monoisotopic (exact) mass is 264 g/mol. The highest BCUT2D eigenvalue weighted by Gasteiger charge is 2.32. The van der Waals surface area contributed by atoms with Gasteiger partial charge in [0.25, 0.3) is 0 Å². The van der Waals surface area contributed by atoms with E-state index in [1.807, 2.05) is 27.1 Å². The first-order valence-electron chi connectivity index (χ1n) is 6.51. The van der Waals surface area contributed by atoms with Crippen LogP contribution in [0.25, 0.3) is 0 Å². The Kier molecular flexibility index (Phi) is 3.87. The second kappa shape index (κ2) is 5.42. The fraction of sp³-hybridized carbons (Fsp3) is 0.615. The van der Waals surface area contributed by atoms with Gasteiger partial charge in [-0.25, -0.2) is 0 Å². The fourth-order valence-electron chi connectivity index (χ4n) is 2.31. The number of rotatable bonds is 4. The minimum Gasteiger partial charge on any atom is -0.343 e. The first-order valence-corrected chi connectivity index (χ1v) is 6.51. The maximum absolute atomic E-state index is 12.3. The molecule has 1 N–H and O–H groups in total. The number of piperazine rings is 1. The molecule has 1 fully saturated rings. The lowest BCUT2D eigenvalue weighted by Gasteiger charge is -2.33. The van der Waals surface area contributed by atoms with Crippen molar-refractivity contribution in [2.75, 3.05) is 6.54 Å². The summed E-state index contributed by atoms with van der Waals surface area (Å²) in [5.74, 6) is 0.277. The van der Waals surface area contributed by atoms with Crippen molar-refractivity contribution in [3.63, 3.8) is 0 Å². The molecule has 2 rings (SSSR count). The van der Waals surface area contributed by atoms with E-state index in [2.05, 4.69) is 10.4 Å². The Labute approximate surface area is 112 Å². The molecule has 0 spiro atoms. The van der Waals surface area contributed by atoms with Gasteiger partial charge in [0.2, 0.25) is 11.8 Å². The molecule has 1 aromatic rings. The van der Waals surface area contributed by atoms with Crippen molar-refractivity contribution < 1.29 is 9.59 Å². The molecule has 0 radical (unpaired) electrons. The highest BCUT2D eigenvalue weighted by atomic mass is 16.2. The van der Waals surface area contributed by atoms with E-state index >= 15 is 0 Å². The zero-order valence-electron chi connectivity index (χ0n) is 11.6. The topological polar surface area (TPSA) is 67.2 Å². The van der Waals surface area contributed by atoms with E-state index in [1.54, 1.807) is 15.8 Å². The number of carbonyl (C=O) groups is 2. The van der Waals surface area contributed by atoms with Crippen LogP contribution in [0.4, 0.5) is 0 Å². The molecule has 0 saturated carbocycles. The molecule has 2 heterocycles. The number of hydrogen-bond donors (Lipinski definition) is 1. The highest BCUT2D eigenvalue weighted by Crippen LogP contribution is 2.14. The second-order valence-corrected chi connectivity index (χ2v) is 5.47. The van der Waals surface area contributed by atoms with Crippen LogP contribution in [-0.2, 0) is 23.2 Å². The van der Waals surface area contributed by atoms with Crippen LogP contribution in [0.5, 0.6) is 0 Å². The predicted octanol–water partition coefficient (Wildman–Crippen LogP) is 0.293. The number of amides is 2. The fourth-order valence-corrected chi connectivity index (χ4v) is 2.31. The van der Waals surface area contributed by atoms with Gasteiger partial charge in [-0.3, -0.25) is 14.3 Å². The third-order valence-corrected chi connectivity index (χ3v) is 3.12. The third-order valence-electron chi connectivity index (χ3n) is 3.12. The molecule has 0 aromatic carbocycles. The summed E-state index contributed by atoms with van der Waals surface area (Å²) >= 11 is 0. The molecule has 19 heavy (non-hydrogen) atoms. The van der Waals surface area contributed by atoms with Crippen LogP contribution in [0.15, 0.2) is 12.4 Å². The van der Waals surface area contributed by atoms with E-state index in [-0.39, 0.29) is 18.4 Å². The van der Waals surface area contributed by atoms with Crippen LogP contribution in [0.3, 0.4) is 0 Å². The van der Waals surface area contributed by atoms with Crippen LogP contribution in [0.2, 0.25) is 0 Å². The molecular weight excluding hydrogens is 244 g/mol. The molecule has 0 bridgehead atoms. The molecule has 1 aliphatic rings. The number of nitrogens with zero attached hydrogens (tertiary/aromatic N) is 3. The number of aromatic nitrogens is 2. The van der Waals surface area contributed by atoms with E-state index in [9.17, 15) is 9.59 Å². The molecule has 1 saturated heterocycles. The van der Waals surface area contributed by atoms with Gasteiger partial charge in [0.15, 0.2) is 0 Å². The summed E-state index contributed by atoms with van der Waals surface area (Å²) in [6.45, 7) is 4.65. The number of aryl methyl sites for hydroxylation is 1. The van der Waals surface area contributed by atoms with Gasteiger partial charge in [0.05, 0.1) is 12.7 Å². The molecule has 104 valence electrons. The van der Waals surface area contributed by atoms with E-state index in [4.69, 9.17) is 0 Å². The smallest absolute Gasteiger partial charge is 0.245 e. The largest absolute Gasteiger partial charge is 0.343 e. The van der Waals surface area contributed by atoms with Gasteiger partial charge in [0, 0.05) is 25.4 Å². The maximum Gasteiger partial charge on any atom is 0.245 e. The lowest BCUT2D eigenvalue weighted by molar-refractivity contribution is -0.145. The summed E-state index contributed by atoms with van der Waals surface area (Å²) in [6, 6.07) is -0.391. The highest BCUT2D eigenvalue weighted by molar-refractivity contribution is 5.94. The Morgan fingerprint density at radius 1 is 1.47 bits per heavy atom. The van der Waals surface area contributed by atoms with Gasteiger partial charge < -0.3 is 10.2 Å². The average Bonchev–Trinajstić information content (AvgIpc) is 2.70. The molecule has 6 heteroatoms. The van der Waals surface area contributed by atoms with Gasteiger partial charge >= 0.3 is 0 Å². The molecule has 1 aromatic heterocycles. The quantitative estimate of drug-likeness (QED) is 0.850. The van der Waals surface area contributed by atoms with E-state index in [1.165, 1.54) is 0 Å². The van der Waals surface area contributed by atoms with E-state index < -0.39 is 6.04 Å². The SMILES string of the molecule is CC(C)CC1NC(=O)CN(Cc2cnn(C)c2)C1=O. The summed E-state index contributed by atoms with van der Waals surface area (Å²) in [5.41, 5.74) is 0.939. The molecule has 0 aliphatic carbocycles. The molecule has 2 amide bonds. The Morgan fingerprint density at radius 3 is 2.79 bits per heavy atom.